The normalized spacial score (nSPS) is 10.7. The zero-order chi connectivity index (χ0) is 15.9. The second-order valence-corrected chi connectivity index (χ2v) is 5.46. The number of hydrogen-bond acceptors (Lipinski definition) is 4. The van der Waals surface area contributed by atoms with E-state index in [2.05, 4.69) is 36.4 Å². The van der Waals surface area contributed by atoms with Crippen LogP contribution in [0.4, 0.5) is 4.79 Å². The third-order valence-electron chi connectivity index (χ3n) is 2.67. The molecule has 0 heterocycles. The Kier molecular flexibility index (Phi) is 6.02. The first-order valence-corrected chi connectivity index (χ1v) is 6.78. The summed E-state index contributed by atoms with van der Waals surface area (Å²) < 4.78 is 9.92. The Morgan fingerprint density at radius 3 is 2.24 bits per heavy atom. The Bertz CT molecular complexity index is 477. The zero-order valence-corrected chi connectivity index (χ0v) is 12.9. The molecule has 0 radical (unpaired) electrons. The molecule has 21 heavy (non-hydrogen) atoms. The van der Waals surface area contributed by atoms with Crippen molar-refractivity contribution >= 4 is 12.0 Å². The molecular formula is C15H22N2O4. The quantitative estimate of drug-likeness (QED) is 0.834. The van der Waals surface area contributed by atoms with Crippen molar-refractivity contribution in [1.29, 1.82) is 0 Å². The van der Waals surface area contributed by atoms with Crippen LogP contribution in [0.1, 0.15) is 33.3 Å². The van der Waals surface area contributed by atoms with E-state index in [-0.39, 0.29) is 18.6 Å². The molecule has 116 valence electrons. The second kappa shape index (κ2) is 7.52. The Labute approximate surface area is 124 Å². The van der Waals surface area contributed by atoms with Gasteiger partial charge in [-0.05, 0) is 30.0 Å². The van der Waals surface area contributed by atoms with Crippen molar-refractivity contribution in [2.45, 2.75) is 33.1 Å². The van der Waals surface area contributed by atoms with Gasteiger partial charge in [-0.25, -0.2) is 10.2 Å². The average Bonchev–Trinajstić information content (AvgIpc) is 2.43. The van der Waals surface area contributed by atoms with E-state index in [0.29, 0.717) is 5.75 Å². The first-order chi connectivity index (χ1) is 9.82. The lowest BCUT2D eigenvalue weighted by atomic mass is 9.87. The van der Waals surface area contributed by atoms with E-state index in [1.807, 2.05) is 24.3 Å². The molecule has 0 aliphatic carbocycles. The first-order valence-electron chi connectivity index (χ1n) is 6.78. The number of rotatable bonds is 4. The smallest absolute Gasteiger partial charge is 0.426 e. The molecule has 0 aromatic heterocycles. The van der Waals surface area contributed by atoms with Gasteiger partial charge in [0.05, 0.1) is 6.61 Å². The van der Waals surface area contributed by atoms with Crippen molar-refractivity contribution in [1.82, 2.24) is 10.9 Å². The number of hydrogen-bond donors (Lipinski definition) is 2. The van der Waals surface area contributed by atoms with Crippen molar-refractivity contribution < 1.29 is 19.1 Å². The molecule has 0 bridgehead atoms. The number of ether oxygens (including phenoxy) is 2. The zero-order valence-electron chi connectivity index (χ0n) is 12.9. The van der Waals surface area contributed by atoms with Gasteiger partial charge < -0.3 is 9.47 Å². The summed E-state index contributed by atoms with van der Waals surface area (Å²) in [5, 5.41) is 0. The fourth-order valence-corrected chi connectivity index (χ4v) is 1.52. The SMILES string of the molecule is CCOC(=O)NNC(=O)COc1ccc(C(C)(C)C)cc1. The van der Waals surface area contributed by atoms with E-state index in [0.717, 1.165) is 0 Å². The second-order valence-electron chi connectivity index (χ2n) is 5.46. The maximum Gasteiger partial charge on any atom is 0.426 e. The van der Waals surface area contributed by atoms with Crippen LogP contribution in [0.2, 0.25) is 0 Å². The highest BCUT2D eigenvalue weighted by atomic mass is 16.6. The molecule has 0 spiro atoms. The van der Waals surface area contributed by atoms with Crippen LogP contribution in [0.3, 0.4) is 0 Å². The van der Waals surface area contributed by atoms with Gasteiger partial charge in [-0.3, -0.25) is 10.2 Å². The van der Waals surface area contributed by atoms with Gasteiger partial charge in [0.1, 0.15) is 5.75 Å². The monoisotopic (exact) mass is 294 g/mol. The molecule has 0 unspecified atom stereocenters. The standard InChI is InChI=1S/C15H22N2O4/c1-5-20-14(19)17-16-13(18)10-21-12-8-6-11(7-9-12)15(2,3)4/h6-9H,5,10H2,1-4H3,(H,16,18)(H,17,19). The summed E-state index contributed by atoms with van der Waals surface area (Å²) in [6.45, 7) is 8.08. The van der Waals surface area contributed by atoms with E-state index in [1.165, 1.54) is 5.56 Å². The Hall–Kier alpha value is -2.24. The Morgan fingerprint density at radius 1 is 1.10 bits per heavy atom. The summed E-state index contributed by atoms with van der Waals surface area (Å²) in [4.78, 5) is 22.4. The highest BCUT2D eigenvalue weighted by molar-refractivity contribution is 5.80. The van der Waals surface area contributed by atoms with E-state index in [1.54, 1.807) is 6.92 Å². The molecule has 6 nitrogen and oxygen atoms in total. The summed E-state index contributed by atoms with van der Waals surface area (Å²) in [5.41, 5.74) is 5.55. The predicted molar refractivity (Wildman–Crippen MR) is 78.9 cm³/mol. The molecule has 1 aromatic rings. The number of amides is 2. The Balaban J connectivity index is 2.38. The van der Waals surface area contributed by atoms with E-state index >= 15 is 0 Å². The van der Waals surface area contributed by atoms with Gasteiger partial charge in [-0.15, -0.1) is 0 Å². The molecule has 2 amide bonds. The topological polar surface area (TPSA) is 76.7 Å². The van der Waals surface area contributed by atoms with Gasteiger partial charge in [0.2, 0.25) is 0 Å². The lowest BCUT2D eigenvalue weighted by Crippen LogP contribution is -2.44. The molecule has 2 N–H and O–H groups in total. The van der Waals surface area contributed by atoms with Gasteiger partial charge in [0.15, 0.2) is 6.61 Å². The molecule has 6 heteroatoms. The summed E-state index contributed by atoms with van der Waals surface area (Å²) in [6.07, 6.45) is -0.708. The van der Waals surface area contributed by atoms with Gasteiger partial charge in [-0.2, -0.15) is 0 Å². The molecule has 0 saturated heterocycles. The molecule has 0 fully saturated rings. The molecule has 1 rings (SSSR count). The molecule has 0 aliphatic rings. The van der Waals surface area contributed by atoms with Crippen LogP contribution in [-0.4, -0.2) is 25.2 Å². The van der Waals surface area contributed by atoms with Crippen molar-refractivity contribution in [3.63, 3.8) is 0 Å². The number of carbonyl (C=O) groups is 2. The third-order valence-corrected chi connectivity index (χ3v) is 2.67. The van der Waals surface area contributed by atoms with Crippen molar-refractivity contribution in [3.8, 4) is 5.75 Å². The predicted octanol–water partition coefficient (Wildman–Crippen LogP) is 2.14. The Morgan fingerprint density at radius 2 is 1.71 bits per heavy atom. The summed E-state index contributed by atoms with van der Waals surface area (Å²) in [5.74, 6) is 0.122. The molecule has 0 aliphatic heterocycles. The van der Waals surface area contributed by atoms with Gasteiger partial charge in [0.25, 0.3) is 5.91 Å². The molecular weight excluding hydrogens is 272 g/mol. The summed E-state index contributed by atoms with van der Waals surface area (Å²) >= 11 is 0. The third kappa shape index (κ3) is 6.16. The minimum absolute atomic E-state index is 0.0689. The van der Waals surface area contributed by atoms with Crippen LogP contribution in [-0.2, 0) is 14.9 Å². The van der Waals surface area contributed by atoms with Crippen molar-refractivity contribution in [3.05, 3.63) is 29.8 Å². The average molecular weight is 294 g/mol. The molecule has 0 atom stereocenters. The first kappa shape index (κ1) is 16.8. The minimum atomic E-state index is -0.708. The highest BCUT2D eigenvalue weighted by Crippen LogP contribution is 2.24. The van der Waals surface area contributed by atoms with Gasteiger partial charge in [0, 0.05) is 0 Å². The van der Waals surface area contributed by atoms with Crippen LogP contribution in [0.5, 0.6) is 5.75 Å². The number of carbonyl (C=O) groups excluding carboxylic acids is 2. The fourth-order valence-electron chi connectivity index (χ4n) is 1.52. The lowest BCUT2D eigenvalue weighted by molar-refractivity contribution is -0.123. The molecule has 0 saturated carbocycles. The van der Waals surface area contributed by atoms with Crippen LogP contribution in [0.15, 0.2) is 24.3 Å². The summed E-state index contributed by atoms with van der Waals surface area (Å²) in [7, 11) is 0. The highest BCUT2D eigenvalue weighted by Gasteiger charge is 2.13. The van der Waals surface area contributed by atoms with Crippen molar-refractivity contribution in [2.24, 2.45) is 0 Å². The van der Waals surface area contributed by atoms with Crippen LogP contribution >= 0.6 is 0 Å². The van der Waals surface area contributed by atoms with Crippen LogP contribution < -0.4 is 15.6 Å². The van der Waals surface area contributed by atoms with E-state index in [4.69, 9.17) is 4.74 Å². The van der Waals surface area contributed by atoms with Crippen LogP contribution in [0, 0.1) is 0 Å². The van der Waals surface area contributed by atoms with Crippen LogP contribution in [0.25, 0.3) is 0 Å². The number of nitrogens with one attached hydrogen (secondary N) is 2. The maximum atomic E-state index is 11.4. The fraction of sp³-hybridized carbons (Fsp3) is 0.467. The number of hydrazine groups is 1. The maximum absolute atomic E-state index is 11.4. The lowest BCUT2D eigenvalue weighted by Gasteiger charge is -2.19. The molecule has 1 aromatic carbocycles. The largest absolute Gasteiger partial charge is 0.484 e. The number of benzene rings is 1. The van der Waals surface area contributed by atoms with Gasteiger partial charge in [-0.1, -0.05) is 32.9 Å². The van der Waals surface area contributed by atoms with E-state index in [9.17, 15) is 9.59 Å². The summed E-state index contributed by atoms with van der Waals surface area (Å²) in [6, 6.07) is 7.55. The minimum Gasteiger partial charge on any atom is -0.484 e. The van der Waals surface area contributed by atoms with Crippen molar-refractivity contribution in [2.75, 3.05) is 13.2 Å². The van der Waals surface area contributed by atoms with E-state index < -0.39 is 12.0 Å². The van der Waals surface area contributed by atoms with Gasteiger partial charge >= 0.3 is 6.09 Å².